The van der Waals surface area contributed by atoms with Gasteiger partial charge in [-0.2, -0.15) is 19.6 Å². The summed E-state index contributed by atoms with van der Waals surface area (Å²) in [5, 5.41) is 16.8. The van der Waals surface area contributed by atoms with Crippen molar-refractivity contribution >= 4 is 21.8 Å². The molecule has 4 rings (SSSR count). The fourth-order valence-corrected chi connectivity index (χ4v) is 5.81. The lowest BCUT2D eigenvalue weighted by molar-refractivity contribution is 0.329. The molecule has 0 atom stereocenters. The first-order valence-electron chi connectivity index (χ1n) is 10.6. The Morgan fingerprint density at radius 1 is 1.19 bits per heavy atom. The maximum Gasteiger partial charge on any atom is 0.246 e. The number of rotatable bonds is 6. The molecule has 0 aromatic carbocycles. The van der Waals surface area contributed by atoms with Crippen molar-refractivity contribution < 1.29 is 8.42 Å². The Morgan fingerprint density at radius 3 is 2.52 bits per heavy atom. The Labute approximate surface area is 182 Å². The third-order valence-corrected chi connectivity index (χ3v) is 8.05. The van der Waals surface area contributed by atoms with Gasteiger partial charge in [0.05, 0.1) is 12.4 Å². The lowest BCUT2D eigenvalue weighted by Crippen LogP contribution is -2.42. The van der Waals surface area contributed by atoms with E-state index in [1.54, 1.807) is 13.2 Å². The lowest BCUT2D eigenvalue weighted by Gasteiger charge is -2.31. The Hall–Kier alpha value is -2.71. The van der Waals surface area contributed by atoms with Crippen molar-refractivity contribution in [3.8, 4) is 6.07 Å². The quantitative estimate of drug-likeness (QED) is 0.715. The van der Waals surface area contributed by atoms with Gasteiger partial charge in [0.15, 0.2) is 5.82 Å². The van der Waals surface area contributed by atoms with Crippen LogP contribution in [0, 0.1) is 11.3 Å². The molecule has 0 radical (unpaired) electrons. The number of nitrogens with one attached hydrogen (secondary N) is 1. The van der Waals surface area contributed by atoms with Gasteiger partial charge in [-0.3, -0.25) is 4.68 Å². The Bertz CT molecular complexity index is 1060. The smallest absolute Gasteiger partial charge is 0.246 e. The van der Waals surface area contributed by atoms with Gasteiger partial charge in [-0.15, -0.1) is 0 Å². The van der Waals surface area contributed by atoms with Crippen LogP contribution in [0.1, 0.15) is 44.1 Å². The highest BCUT2D eigenvalue weighted by Gasteiger charge is 2.31. The molecular formula is C20H28N8O2S. The summed E-state index contributed by atoms with van der Waals surface area (Å²) in [4.78, 5) is 11.3. The molecule has 31 heavy (non-hydrogen) atoms. The number of anilines is 2. The fraction of sp³-hybridized carbons (Fsp3) is 0.600. The summed E-state index contributed by atoms with van der Waals surface area (Å²) in [5.41, 5.74) is 0.470. The van der Waals surface area contributed by atoms with Crippen LogP contribution >= 0.6 is 0 Å². The van der Waals surface area contributed by atoms with Crippen LogP contribution in [0.15, 0.2) is 23.5 Å². The first-order chi connectivity index (χ1) is 14.9. The van der Waals surface area contributed by atoms with Crippen molar-refractivity contribution in [2.24, 2.45) is 7.05 Å². The number of piperidine rings is 1. The topological polar surface area (TPSA) is 120 Å². The average molecular weight is 445 g/mol. The summed E-state index contributed by atoms with van der Waals surface area (Å²) in [5.74, 6) is 1.14. The number of aryl methyl sites for hydroxylation is 1. The van der Waals surface area contributed by atoms with Gasteiger partial charge in [0, 0.05) is 45.5 Å². The van der Waals surface area contributed by atoms with Crippen LogP contribution in [0.5, 0.6) is 0 Å². The van der Waals surface area contributed by atoms with Gasteiger partial charge < -0.3 is 10.2 Å². The number of hydrogen-bond donors (Lipinski definition) is 1. The van der Waals surface area contributed by atoms with E-state index in [-0.39, 0.29) is 10.9 Å². The average Bonchev–Trinajstić information content (AvgIpc) is 3.46. The van der Waals surface area contributed by atoms with Crippen molar-refractivity contribution in [1.29, 1.82) is 5.26 Å². The van der Waals surface area contributed by atoms with E-state index >= 15 is 0 Å². The third-order valence-electron chi connectivity index (χ3n) is 6.20. The van der Waals surface area contributed by atoms with E-state index in [9.17, 15) is 13.7 Å². The van der Waals surface area contributed by atoms with Gasteiger partial charge in [0.2, 0.25) is 16.0 Å². The van der Waals surface area contributed by atoms with Crippen molar-refractivity contribution in [3.63, 3.8) is 0 Å². The van der Waals surface area contributed by atoms with Crippen molar-refractivity contribution in [3.05, 3.63) is 24.2 Å². The minimum atomic E-state index is -3.53. The molecular weight excluding hydrogens is 416 g/mol. The van der Waals surface area contributed by atoms with E-state index in [2.05, 4.69) is 31.4 Å². The summed E-state index contributed by atoms with van der Waals surface area (Å²) in [6.07, 6.45) is 10.4. The van der Waals surface area contributed by atoms with Gasteiger partial charge in [0.25, 0.3) is 0 Å². The molecule has 2 aromatic heterocycles. The molecule has 1 N–H and O–H groups in total. The second-order valence-electron chi connectivity index (χ2n) is 8.26. The number of nitriles is 1. The maximum atomic E-state index is 12.8. The minimum absolute atomic E-state index is 0.0675. The predicted octanol–water partition coefficient (Wildman–Crippen LogP) is 1.73. The Morgan fingerprint density at radius 2 is 1.90 bits per heavy atom. The van der Waals surface area contributed by atoms with Crippen LogP contribution in [0.4, 0.5) is 11.8 Å². The van der Waals surface area contributed by atoms with Gasteiger partial charge in [-0.1, -0.05) is 12.8 Å². The highest BCUT2D eigenvalue weighted by Crippen LogP contribution is 2.28. The van der Waals surface area contributed by atoms with Gasteiger partial charge in [-0.25, -0.2) is 13.4 Å². The molecule has 166 valence electrons. The molecule has 2 aromatic rings. The largest absolute Gasteiger partial charge is 0.355 e. The van der Waals surface area contributed by atoms with E-state index in [0.29, 0.717) is 49.3 Å². The number of nitrogens with zero attached hydrogens (tertiary/aromatic N) is 7. The summed E-state index contributed by atoms with van der Waals surface area (Å²) in [7, 11) is 0.165. The molecule has 1 aliphatic carbocycles. The standard InChI is InChI=1S/C20H28N8O2S/c1-26-14-18(13-23-26)31(29,30)28-9-7-16(8-10-28)24-20-22-12-15(11-21)19(25-20)27(2)17-5-3-4-6-17/h12-14,16-17H,3-10H2,1-2H3,(H,22,24,25). The fourth-order valence-electron chi connectivity index (χ4n) is 4.36. The number of sulfonamides is 1. The molecule has 10 nitrogen and oxygen atoms in total. The Kier molecular flexibility index (Phi) is 6.11. The van der Waals surface area contributed by atoms with Crippen molar-refractivity contribution in [2.45, 2.75) is 55.5 Å². The predicted molar refractivity (Wildman–Crippen MR) is 116 cm³/mol. The molecule has 0 unspecified atom stereocenters. The minimum Gasteiger partial charge on any atom is -0.355 e. The van der Waals surface area contributed by atoms with E-state index < -0.39 is 10.0 Å². The summed E-state index contributed by atoms with van der Waals surface area (Å²) >= 11 is 0. The van der Waals surface area contributed by atoms with Crippen LogP contribution in [0.25, 0.3) is 0 Å². The Balaban J connectivity index is 1.41. The van der Waals surface area contributed by atoms with Gasteiger partial charge in [0.1, 0.15) is 16.5 Å². The van der Waals surface area contributed by atoms with Crippen molar-refractivity contribution in [1.82, 2.24) is 24.1 Å². The number of hydrogen-bond acceptors (Lipinski definition) is 8. The molecule has 2 aliphatic rings. The third kappa shape index (κ3) is 4.50. The van der Waals surface area contributed by atoms with Crippen molar-refractivity contribution in [2.75, 3.05) is 30.4 Å². The van der Waals surface area contributed by atoms with Crippen LogP contribution in [0.2, 0.25) is 0 Å². The van der Waals surface area contributed by atoms with Crippen LogP contribution in [-0.4, -0.2) is 64.7 Å². The highest BCUT2D eigenvalue weighted by molar-refractivity contribution is 7.89. The monoisotopic (exact) mass is 444 g/mol. The SMILES string of the molecule is CN(c1nc(NC2CCN(S(=O)(=O)c3cnn(C)c3)CC2)ncc1C#N)C1CCCC1. The molecule has 0 bridgehead atoms. The van der Waals surface area contributed by atoms with E-state index in [1.807, 2.05) is 7.05 Å². The van der Waals surface area contributed by atoms with Crippen LogP contribution < -0.4 is 10.2 Å². The molecule has 0 amide bonds. The molecule has 3 heterocycles. The summed E-state index contributed by atoms with van der Waals surface area (Å²) in [6.45, 7) is 0.833. The van der Waals surface area contributed by atoms with E-state index in [4.69, 9.17) is 0 Å². The lowest BCUT2D eigenvalue weighted by atomic mass is 10.1. The van der Waals surface area contributed by atoms with Gasteiger partial charge >= 0.3 is 0 Å². The molecule has 2 fully saturated rings. The molecule has 11 heteroatoms. The number of aromatic nitrogens is 4. The zero-order valence-corrected chi connectivity index (χ0v) is 18.7. The second-order valence-corrected chi connectivity index (χ2v) is 10.2. The molecule has 1 aliphatic heterocycles. The van der Waals surface area contributed by atoms with Crippen LogP contribution in [0.3, 0.4) is 0 Å². The summed E-state index contributed by atoms with van der Waals surface area (Å²) in [6, 6.07) is 2.66. The van der Waals surface area contributed by atoms with E-state index in [0.717, 1.165) is 12.8 Å². The summed E-state index contributed by atoms with van der Waals surface area (Å²) < 4.78 is 28.5. The molecule has 1 saturated heterocycles. The molecule has 1 saturated carbocycles. The highest BCUT2D eigenvalue weighted by atomic mass is 32.2. The first kappa shape index (κ1) is 21.5. The van der Waals surface area contributed by atoms with Gasteiger partial charge in [-0.05, 0) is 25.7 Å². The molecule has 0 spiro atoms. The van der Waals surface area contributed by atoms with E-state index in [1.165, 1.54) is 34.2 Å². The normalized spacial score (nSPS) is 18.7. The zero-order valence-electron chi connectivity index (χ0n) is 17.9. The zero-order chi connectivity index (χ0) is 22.0. The first-order valence-corrected chi connectivity index (χ1v) is 12.1. The maximum absolute atomic E-state index is 12.8. The second kappa shape index (κ2) is 8.80. The van der Waals surface area contributed by atoms with Crippen LogP contribution in [-0.2, 0) is 17.1 Å².